The van der Waals surface area contributed by atoms with Gasteiger partial charge < -0.3 is 16.4 Å². The molecule has 2 aliphatic carbocycles. The molecule has 0 aromatic carbocycles. The topological polar surface area (TPSA) is 67.2 Å². The van der Waals surface area contributed by atoms with Crippen molar-refractivity contribution in [2.45, 2.75) is 31.6 Å². The normalized spacial score (nSPS) is 17.8. The minimum atomic E-state index is -0.0891. The smallest absolute Gasteiger partial charge is 0.263 e. The molecule has 0 atom stereocenters. The van der Waals surface area contributed by atoms with Gasteiger partial charge in [-0.05, 0) is 37.5 Å². The van der Waals surface area contributed by atoms with Crippen LogP contribution < -0.4 is 16.4 Å². The van der Waals surface area contributed by atoms with Crippen molar-refractivity contribution in [3.8, 4) is 0 Å². The van der Waals surface area contributed by atoms with Gasteiger partial charge in [-0.15, -0.1) is 17.9 Å². The molecule has 0 radical (unpaired) electrons. The molecule has 4 nitrogen and oxygen atoms in total. The molecule has 0 unspecified atom stereocenters. The molecule has 1 aromatic rings. The van der Waals surface area contributed by atoms with Gasteiger partial charge in [0.25, 0.3) is 5.91 Å². The Kier molecular flexibility index (Phi) is 3.70. The number of rotatable bonds is 7. The zero-order chi connectivity index (χ0) is 14.1. The summed E-state index contributed by atoms with van der Waals surface area (Å²) in [6.45, 7) is 5.09. The van der Waals surface area contributed by atoms with Gasteiger partial charge in [-0.1, -0.05) is 6.08 Å². The van der Waals surface area contributed by atoms with Gasteiger partial charge in [0, 0.05) is 18.7 Å². The summed E-state index contributed by atoms with van der Waals surface area (Å²) in [6, 6.07) is 0. The highest BCUT2D eigenvalue weighted by atomic mass is 32.1. The van der Waals surface area contributed by atoms with Gasteiger partial charge in [-0.25, -0.2) is 0 Å². The molecular weight excluding hydrogens is 270 g/mol. The average Bonchev–Trinajstić information content (AvgIpc) is 3.33. The fourth-order valence-corrected chi connectivity index (χ4v) is 3.47. The van der Waals surface area contributed by atoms with E-state index in [0.29, 0.717) is 23.0 Å². The summed E-state index contributed by atoms with van der Waals surface area (Å²) in [4.78, 5) is 12.8. The first-order chi connectivity index (χ1) is 9.70. The maximum atomic E-state index is 12.1. The second kappa shape index (κ2) is 5.48. The Labute approximate surface area is 123 Å². The Bertz CT molecular complexity index is 529. The minimum absolute atomic E-state index is 0.0891. The molecule has 20 heavy (non-hydrogen) atoms. The number of carbonyl (C=O) groups is 1. The molecular formula is C15H21N3OS. The fraction of sp³-hybridized carbons (Fsp3) is 0.533. The Morgan fingerprint density at radius 1 is 1.40 bits per heavy atom. The number of nitrogen functional groups attached to an aromatic ring is 1. The number of nitrogens with one attached hydrogen (secondary N) is 2. The third-order valence-electron chi connectivity index (χ3n) is 3.83. The standard InChI is InChI=1S/C15H21N3OS/c1-2-7-17-14(19)13-12(16)11(10-5-6-10)15(20-13)18-8-9-3-4-9/h2,9-10,18H,1,3-8,16H2,(H,17,19). The minimum Gasteiger partial charge on any atom is -0.397 e. The van der Waals surface area contributed by atoms with E-state index in [9.17, 15) is 4.79 Å². The fourth-order valence-electron chi connectivity index (χ4n) is 2.34. The van der Waals surface area contributed by atoms with Crippen molar-refractivity contribution < 1.29 is 4.79 Å². The van der Waals surface area contributed by atoms with Crippen molar-refractivity contribution in [3.05, 3.63) is 23.1 Å². The van der Waals surface area contributed by atoms with E-state index in [1.54, 1.807) is 6.08 Å². The molecule has 3 rings (SSSR count). The van der Waals surface area contributed by atoms with E-state index in [-0.39, 0.29) is 5.91 Å². The van der Waals surface area contributed by atoms with E-state index in [2.05, 4.69) is 17.2 Å². The van der Waals surface area contributed by atoms with Crippen LogP contribution in [0.15, 0.2) is 12.7 Å². The van der Waals surface area contributed by atoms with Gasteiger partial charge >= 0.3 is 0 Å². The predicted molar refractivity (Wildman–Crippen MR) is 84.5 cm³/mol. The quantitative estimate of drug-likeness (QED) is 0.677. The Hall–Kier alpha value is -1.49. The van der Waals surface area contributed by atoms with Crippen LogP contribution in [0.5, 0.6) is 0 Å². The maximum absolute atomic E-state index is 12.1. The van der Waals surface area contributed by atoms with Crippen LogP contribution in [0.2, 0.25) is 0 Å². The lowest BCUT2D eigenvalue weighted by atomic mass is 10.1. The first-order valence-electron chi connectivity index (χ1n) is 7.25. The van der Waals surface area contributed by atoms with E-state index in [1.165, 1.54) is 42.6 Å². The van der Waals surface area contributed by atoms with Crippen LogP contribution in [-0.2, 0) is 0 Å². The second-order valence-electron chi connectivity index (χ2n) is 5.68. The molecule has 0 bridgehead atoms. The van der Waals surface area contributed by atoms with Crippen molar-refractivity contribution >= 4 is 27.9 Å². The average molecular weight is 291 g/mol. The Balaban J connectivity index is 1.80. The van der Waals surface area contributed by atoms with Crippen LogP contribution in [0.25, 0.3) is 0 Å². The van der Waals surface area contributed by atoms with Gasteiger partial charge in [0.2, 0.25) is 0 Å². The molecule has 108 valence electrons. The highest BCUT2D eigenvalue weighted by Crippen LogP contribution is 2.51. The molecule has 5 heteroatoms. The van der Waals surface area contributed by atoms with E-state index in [0.717, 1.165) is 17.5 Å². The number of nitrogens with two attached hydrogens (primary N) is 1. The van der Waals surface area contributed by atoms with Crippen LogP contribution in [0, 0.1) is 5.92 Å². The van der Waals surface area contributed by atoms with E-state index >= 15 is 0 Å². The molecule has 1 heterocycles. The number of hydrogen-bond donors (Lipinski definition) is 3. The van der Waals surface area contributed by atoms with Crippen LogP contribution >= 0.6 is 11.3 Å². The van der Waals surface area contributed by atoms with Crippen LogP contribution in [0.4, 0.5) is 10.7 Å². The summed E-state index contributed by atoms with van der Waals surface area (Å²) in [5, 5.41) is 7.43. The number of thiophene rings is 1. The summed E-state index contributed by atoms with van der Waals surface area (Å²) in [7, 11) is 0. The zero-order valence-corrected chi connectivity index (χ0v) is 12.4. The highest BCUT2D eigenvalue weighted by Gasteiger charge is 2.33. The maximum Gasteiger partial charge on any atom is 0.263 e. The van der Waals surface area contributed by atoms with Gasteiger partial charge in [-0.3, -0.25) is 4.79 Å². The number of anilines is 2. The molecule has 1 amide bonds. The van der Waals surface area contributed by atoms with Gasteiger partial charge in [0.15, 0.2) is 0 Å². The van der Waals surface area contributed by atoms with Crippen LogP contribution in [0.1, 0.15) is 46.8 Å². The van der Waals surface area contributed by atoms with Gasteiger partial charge in [0.1, 0.15) is 4.88 Å². The van der Waals surface area contributed by atoms with Crippen molar-refractivity contribution in [2.75, 3.05) is 24.1 Å². The molecule has 0 aliphatic heterocycles. The molecule has 2 fully saturated rings. The van der Waals surface area contributed by atoms with Crippen LogP contribution in [-0.4, -0.2) is 19.0 Å². The number of hydrogen-bond acceptors (Lipinski definition) is 4. The first kappa shape index (κ1) is 13.5. The van der Waals surface area contributed by atoms with Crippen LogP contribution in [0.3, 0.4) is 0 Å². The molecule has 2 saturated carbocycles. The van der Waals surface area contributed by atoms with Gasteiger partial charge in [-0.2, -0.15) is 0 Å². The Morgan fingerprint density at radius 2 is 2.15 bits per heavy atom. The predicted octanol–water partition coefficient (Wildman–Crippen LogP) is 2.95. The lowest BCUT2D eigenvalue weighted by molar-refractivity contribution is 0.0963. The summed E-state index contributed by atoms with van der Waals surface area (Å²) in [5.41, 5.74) is 8.08. The zero-order valence-electron chi connectivity index (χ0n) is 11.6. The van der Waals surface area contributed by atoms with E-state index in [1.807, 2.05) is 0 Å². The van der Waals surface area contributed by atoms with E-state index in [4.69, 9.17) is 5.73 Å². The molecule has 2 aliphatic rings. The van der Waals surface area contributed by atoms with E-state index < -0.39 is 0 Å². The van der Waals surface area contributed by atoms with Crippen molar-refractivity contribution in [1.29, 1.82) is 0 Å². The lowest BCUT2D eigenvalue weighted by Crippen LogP contribution is -2.23. The first-order valence-corrected chi connectivity index (χ1v) is 8.07. The number of carbonyl (C=O) groups excluding carboxylic acids is 1. The third kappa shape index (κ3) is 2.82. The highest BCUT2D eigenvalue weighted by molar-refractivity contribution is 7.18. The monoisotopic (exact) mass is 291 g/mol. The molecule has 1 aromatic heterocycles. The van der Waals surface area contributed by atoms with Crippen molar-refractivity contribution in [1.82, 2.24) is 5.32 Å². The number of amides is 1. The molecule has 4 N–H and O–H groups in total. The van der Waals surface area contributed by atoms with Crippen molar-refractivity contribution in [3.63, 3.8) is 0 Å². The van der Waals surface area contributed by atoms with Gasteiger partial charge in [0.05, 0.1) is 10.7 Å². The lowest BCUT2D eigenvalue weighted by Gasteiger charge is -2.06. The summed E-state index contributed by atoms with van der Waals surface area (Å²) in [6.07, 6.45) is 6.69. The second-order valence-corrected chi connectivity index (χ2v) is 6.71. The summed E-state index contributed by atoms with van der Waals surface area (Å²) < 4.78 is 0. The molecule has 0 saturated heterocycles. The third-order valence-corrected chi connectivity index (χ3v) is 5.01. The summed E-state index contributed by atoms with van der Waals surface area (Å²) >= 11 is 1.50. The van der Waals surface area contributed by atoms with Crippen molar-refractivity contribution in [2.24, 2.45) is 5.92 Å². The molecule has 0 spiro atoms. The summed E-state index contributed by atoms with van der Waals surface area (Å²) in [5.74, 6) is 1.27. The largest absolute Gasteiger partial charge is 0.397 e. The SMILES string of the molecule is C=CCNC(=O)c1sc(NCC2CC2)c(C2CC2)c1N. The Morgan fingerprint density at radius 3 is 2.75 bits per heavy atom.